The highest BCUT2D eigenvalue weighted by Crippen LogP contribution is 2.32. The Balaban J connectivity index is 2.46. The number of primary amides is 1. The van der Waals surface area contributed by atoms with Crippen molar-refractivity contribution in [1.29, 1.82) is 0 Å². The Labute approximate surface area is 224 Å². The summed E-state index contributed by atoms with van der Waals surface area (Å²) in [4.78, 5) is 24.5. The molecule has 0 aromatic heterocycles. The molecular weight excluding hydrogens is 492 g/mol. The normalized spacial score (nSPS) is 37.3. The maximum Gasteiger partial charge on any atom is 0.405 e. The molecule has 2 unspecified atom stereocenters. The van der Waals surface area contributed by atoms with Gasteiger partial charge in [0.2, 0.25) is 0 Å². The Kier molecular flexibility index (Phi) is 11.6. The van der Waals surface area contributed by atoms with Crippen LogP contribution in [0.3, 0.4) is 0 Å². The van der Waals surface area contributed by atoms with E-state index in [9.17, 15) is 30.0 Å². The van der Waals surface area contributed by atoms with E-state index in [0.29, 0.717) is 24.8 Å². The Hall–Kier alpha value is -2.66. The van der Waals surface area contributed by atoms with E-state index in [1.54, 1.807) is 13.0 Å². The number of nitrogens with one attached hydrogen (secondary N) is 1. The van der Waals surface area contributed by atoms with E-state index >= 15 is 0 Å². The van der Waals surface area contributed by atoms with Gasteiger partial charge >= 0.3 is 6.09 Å². The van der Waals surface area contributed by atoms with Crippen LogP contribution in [0.2, 0.25) is 0 Å². The molecule has 0 aromatic carbocycles. The van der Waals surface area contributed by atoms with Crippen LogP contribution in [-0.2, 0) is 14.3 Å². The van der Waals surface area contributed by atoms with E-state index in [4.69, 9.17) is 15.2 Å². The van der Waals surface area contributed by atoms with Gasteiger partial charge in [0, 0.05) is 24.2 Å². The average molecular weight is 537 g/mol. The van der Waals surface area contributed by atoms with Crippen LogP contribution in [0, 0.1) is 17.8 Å². The number of hydrogen-bond donors (Lipinski definition) is 6. The van der Waals surface area contributed by atoms with E-state index in [2.05, 4.69) is 5.32 Å². The molecule has 38 heavy (non-hydrogen) atoms. The molecule has 7 N–H and O–H groups in total. The predicted octanol–water partition coefficient (Wildman–Crippen LogP) is 2.75. The summed E-state index contributed by atoms with van der Waals surface area (Å²) in [6, 6.07) is 0. The summed E-state index contributed by atoms with van der Waals surface area (Å²) in [6.45, 7) is 9.11. The second-order valence-electron chi connectivity index (χ2n) is 10.7. The highest BCUT2D eigenvalue weighted by atomic mass is 16.6. The van der Waals surface area contributed by atoms with Gasteiger partial charge < -0.3 is 41.0 Å². The van der Waals surface area contributed by atoms with Gasteiger partial charge in [0.1, 0.15) is 24.1 Å². The van der Waals surface area contributed by atoms with E-state index in [1.807, 2.05) is 33.8 Å². The van der Waals surface area contributed by atoms with E-state index in [-0.39, 0.29) is 41.2 Å². The highest BCUT2D eigenvalue weighted by Gasteiger charge is 2.33. The van der Waals surface area contributed by atoms with Gasteiger partial charge in [-0.05, 0) is 63.0 Å². The molecule has 0 radical (unpaired) electrons. The van der Waals surface area contributed by atoms with Crippen LogP contribution in [-0.4, -0.2) is 70.1 Å². The number of aliphatic hydroxyl groups is 4. The molecule has 0 fully saturated rings. The standard InChI is InChI=1S/C28H44N2O8/c1-14-10-19-24(33)20(13-21(31)25(19)34)30-27(35)16(3)9-7-8-15(2)26(38-28(29)36)18(5)12-17(4)23(32)22(11-14)37-6/h9,12-15,17,21-24,26,31-34H,7-8,10-11H2,1-6H3,(H2,29,36)(H,30,35)/b16-9+,18-12+/t14-,15+,17+,21?,22+,23-,24?,26-/m1/s1. The molecule has 10 nitrogen and oxygen atoms in total. The molecule has 2 amide bonds. The lowest BCUT2D eigenvalue weighted by molar-refractivity contribution is -0.117. The molecule has 1 heterocycles. The topological polar surface area (TPSA) is 172 Å². The van der Waals surface area contributed by atoms with Gasteiger partial charge in [-0.1, -0.05) is 32.9 Å². The molecule has 1 aliphatic heterocycles. The minimum atomic E-state index is -1.37. The molecule has 2 bridgehead atoms. The van der Waals surface area contributed by atoms with Crippen molar-refractivity contribution in [3.63, 3.8) is 0 Å². The van der Waals surface area contributed by atoms with Crippen LogP contribution < -0.4 is 11.1 Å². The zero-order valence-corrected chi connectivity index (χ0v) is 23.2. The second kappa shape index (κ2) is 13.9. The Morgan fingerprint density at radius 3 is 2.39 bits per heavy atom. The molecule has 1 aliphatic carbocycles. The minimum absolute atomic E-state index is 0.0910. The molecule has 2 aliphatic rings. The summed E-state index contributed by atoms with van der Waals surface area (Å²) in [5, 5.41) is 45.6. The Morgan fingerprint density at radius 1 is 1.13 bits per heavy atom. The zero-order valence-electron chi connectivity index (χ0n) is 23.2. The fourth-order valence-electron chi connectivity index (χ4n) is 5.18. The van der Waals surface area contributed by atoms with Crippen LogP contribution in [0.1, 0.15) is 60.3 Å². The lowest BCUT2D eigenvalue weighted by atomic mass is 9.84. The quantitative estimate of drug-likeness (QED) is 0.292. The third-order valence-corrected chi connectivity index (χ3v) is 7.42. The van der Waals surface area contributed by atoms with Gasteiger partial charge in [-0.2, -0.15) is 0 Å². The molecule has 0 aromatic rings. The number of carbonyl (C=O) groups excluding carboxylic acids is 2. The number of nitrogens with two attached hydrogens (primary N) is 1. The number of aliphatic hydroxyl groups excluding tert-OH is 4. The number of fused-ring (bicyclic) bond motifs is 2. The second-order valence-corrected chi connectivity index (χ2v) is 10.7. The van der Waals surface area contributed by atoms with E-state index < -0.39 is 42.5 Å². The van der Waals surface area contributed by atoms with Crippen LogP contribution in [0.4, 0.5) is 4.79 Å². The van der Waals surface area contributed by atoms with Crippen LogP contribution in [0.25, 0.3) is 0 Å². The van der Waals surface area contributed by atoms with Crippen molar-refractivity contribution >= 4 is 12.0 Å². The third kappa shape index (κ3) is 8.17. The minimum Gasteiger partial charge on any atom is -0.509 e. The first-order valence-corrected chi connectivity index (χ1v) is 13.1. The molecule has 2 rings (SSSR count). The summed E-state index contributed by atoms with van der Waals surface area (Å²) in [5.41, 5.74) is 6.79. The molecule has 0 saturated carbocycles. The van der Waals surface area contributed by atoms with Crippen molar-refractivity contribution in [2.24, 2.45) is 23.5 Å². The monoisotopic (exact) mass is 536 g/mol. The van der Waals surface area contributed by atoms with Gasteiger partial charge in [0.25, 0.3) is 5.91 Å². The summed E-state index contributed by atoms with van der Waals surface area (Å²) in [5.74, 6) is -1.45. The lowest BCUT2D eigenvalue weighted by Gasteiger charge is -2.31. The molecule has 0 saturated heterocycles. The summed E-state index contributed by atoms with van der Waals surface area (Å²) < 4.78 is 11.0. The van der Waals surface area contributed by atoms with Gasteiger partial charge in [-0.25, -0.2) is 4.79 Å². The van der Waals surface area contributed by atoms with E-state index in [0.717, 1.165) is 5.57 Å². The smallest absolute Gasteiger partial charge is 0.405 e. The first-order valence-electron chi connectivity index (χ1n) is 13.1. The largest absolute Gasteiger partial charge is 0.509 e. The number of rotatable bonds is 2. The number of methoxy groups -OCH3 is 1. The fourth-order valence-corrected chi connectivity index (χ4v) is 5.18. The van der Waals surface area contributed by atoms with Gasteiger partial charge in [-0.3, -0.25) is 4.79 Å². The molecule has 8 atom stereocenters. The first kappa shape index (κ1) is 31.6. The molecular formula is C28H44N2O8. The van der Waals surface area contributed by atoms with Gasteiger partial charge in [0.05, 0.1) is 17.9 Å². The highest BCUT2D eigenvalue weighted by molar-refractivity contribution is 5.94. The van der Waals surface area contributed by atoms with Crippen molar-refractivity contribution < 1.29 is 39.5 Å². The zero-order chi connectivity index (χ0) is 28.7. The maximum atomic E-state index is 12.8. The van der Waals surface area contributed by atoms with Crippen LogP contribution >= 0.6 is 0 Å². The number of hydrogen-bond acceptors (Lipinski definition) is 8. The number of allylic oxidation sites excluding steroid dienone is 1. The first-order chi connectivity index (χ1) is 17.8. The molecule has 214 valence electrons. The summed E-state index contributed by atoms with van der Waals surface area (Å²) >= 11 is 0. The van der Waals surface area contributed by atoms with Crippen molar-refractivity contribution in [2.45, 2.75) is 90.8 Å². The van der Waals surface area contributed by atoms with Crippen molar-refractivity contribution in [2.75, 3.05) is 7.11 Å². The number of amides is 2. The predicted molar refractivity (Wildman–Crippen MR) is 143 cm³/mol. The van der Waals surface area contributed by atoms with Crippen LogP contribution in [0.15, 0.2) is 46.4 Å². The average Bonchev–Trinajstić information content (AvgIpc) is 2.85. The van der Waals surface area contributed by atoms with Crippen molar-refractivity contribution in [3.05, 3.63) is 46.4 Å². The molecule has 10 heteroatoms. The lowest BCUT2D eigenvalue weighted by Crippen LogP contribution is -2.38. The van der Waals surface area contributed by atoms with Crippen LogP contribution in [0.5, 0.6) is 0 Å². The van der Waals surface area contributed by atoms with Crippen molar-refractivity contribution in [1.82, 2.24) is 5.32 Å². The fraction of sp³-hybridized carbons (Fsp3) is 0.643. The summed E-state index contributed by atoms with van der Waals surface area (Å²) in [6.07, 6.45) is 0.840. The van der Waals surface area contributed by atoms with Gasteiger partial charge in [0.15, 0.2) is 0 Å². The van der Waals surface area contributed by atoms with Crippen molar-refractivity contribution in [3.8, 4) is 0 Å². The number of ether oxygens (including phenoxy) is 2. The van der Waals surface area contributed by atoms with E-state index in [1.165, 1.54) is 13.2 Å². The summed E-state index contributed by atoms with van der Waals surface area (Å²) in [7, 11) is 1.50. The number of carbonyl (C=O) groups is 2. The SMILES string of the molecule is CO[C@H]1C[C@H](C)CC2=C(O)C(O)C=C(NC(=O)/C(C)=C/CC[C@H](C)[C@@H](OC(N)=O)/C(C)=C/[C@H](C)[C@H]1O)C2O. The molecule has 0 spiro atoms. The Morgan fingerprint density at radius 2 is 1.79 bits per heavy atom. The van der Waals surface area contributed by atoms with Gasteiger partial charge in [-0.15, -0.1) is 0 Å². The maximum absolute atomic E-state index is 12.8. The third-order valence-electron chi connectivity index (χ3n) is 7.42. The Bertz CT molecular complexity index is 985.